The number of ether oxygens (including phenoxy) is 1. The van der Waals surface area contributed by atoms with Crippen molar-refractivity contribution in [2.45, 2.75) is 12.2 Å². The van der Waals surface area contributed by atoms with Gasteiger partial charge in [0.1, 0.15) is 12.2 Å². The molecule has 0 amide bonds. The monoisotopic (exact) mass is 303 g/mol. The highest BCUT2D eigenvalue weighted by atomic mass is 32.2. The minimum atomic E-state index is -3.45. The Morgan fingerprint density at radius 1 is 1.55 bits per heavy atom. The van der Waals surface area contributed by atoms with Gasteiger partial charge in [0.25, 0.3) is 5.88 Å². The summed E-state index contributed by atoms with van der Waals surface area (Å²) in [6.07, 6.45) is 0.383. The average Bonchev–Trinajstić information content (AvgIpc) is 2.71. The highest BCUT2D eigenvalue weighted by molar-refractivity contribution is 7.88. The molecule has 9 nitrogen and oxygen atoms in total. The van der Waals surface area contributed by atoms with Gasteiger partial charge in [-0.1, -0.05) is 0 Å². The fourth-order valence-corrected chi connectivity index (χ4v) is 2.71. The molecule has 20 heavy (non-hydrogen) atoms. The Morgan fingerprint density at radius 3 is 2.80 bits per heavy atom. The Morgan fingerprint density at radius 2 is 2.25 bits per heavy atom. The van der Waals surface area contributed by atoms with Crippen molar-refractivity contribution in [1.29, 1.82) is 0 Å². The summed E-state index contributed by atoms with van der Waals surface area (Å²) in [5.41, 5.74) is -0.336. The highest BCUT2D eigenvalue weighted by Crippen LogP contribution is 2.26. The van der Waals surface area contributed by atoms with Gasteiger partial charge in [-0.25, -0.2) is 13.4 Å². The number of aliphatic hydroxyl groups is 1. The summed E-state index contributed by atoms with van der Waals surface area (Å²) in [7, 11) is -3.45. The van der Waals surface area contributed by atoms with E-state index in [1.165, 1.54) is 18.3 Å². The van der Waals surface area contributed by atoms with Crippen LogP contribution in [0.2, 0.25) is 0 Å². The van der Waals surface area contributed by atoms with E-state index in [-0.39, 0.29) is 24.7 Å². The number of nitrogens with zero attached hydrogens (tertiary/aromatic N) is 3. The lowest BCUT2D eigenvalue weighted by molar-refractivity contribution is -0.386. The van der Waals surface area contributed by atoms with Crippen molar-refractivity contribution in [1.82, 2.24) is 9.29 Å². The lowest BCUT2D eigenvalue weighted by atomic mass is 10.2. The van der Waals surface area contributed by atoms with Crippen LogP contribution in [0.3, 0.4) is 0 Å². The zero-order valence-electron chi connectivity index (χ0n) is 10.5. The van der Waals surface area contributed by atoms with Gasteiger partial charge in [-0.2, -0.15) is 4.31 Å². The van der Waals surface area contributed by atoms with Crippen LogP contribution < -0.4 is 4.74 Å². The first-order valence-electron chi connectivity index (χ1n) is 5.68. The smallest absolute Gasteiger partial charge is 0.330 e. The van der Waals surface area contributed by atoms with E-state index in [0.29, 0.717) is 0 Å². The molecule has 1 aliphatic heterocycles. The molecule has 0 aliphatic carbocycles. The number of hydrogen-bond acceptors (Lipinski definition) is 7. The Hall–Kier alpha value is -1.78. The fourth-order valence-electron chi connectivity index (χ4n) is 1.87. The van der Waals surface area contributed by atoms with Crippen LogP contribution in [-0.2, 0) is 10.0 Å². The molecule has 0 aromatic carbocycles. The van der Waals surface area contributed by atoms with Gasteiger partial charge in [-0.15, -0.1) is 0 Å². The number of hydrogen-bond donors (Lipinski definition) is 1. The molecular formula is C10H13N3O6S. The molecule has 0 unspecified atom stereocenters. The molecular weight excluding hydrogens is 290 g/mol. The summed E-state index contributed by atoms with van der Waals surface area (Å²) in [5, 5.41) is 20.6. The van der Waals surface area contributed by atoms with Gasteiger partial charge in [0.2, 0.25) is 10.0 Å². The SMILES string of the molecule is CS(=O)(=O)N1C[C@@H](O)[C@H](Oc2ncccc2[N+](=O)[O-])C1. The zero-order valence-corrected chi connectivity index (χ0v) is 11.4. The quantitative estimate of drug-likeness (QED) is 0.580. The number of rotatable bonds is 4. The maximum Gasteiger partial charge on any atom is 0.330 e. The maximum absolute atomic E-state index is 11.4. The lowest BCUT2D eigenvalue weighted by Gasteiger charge is -2.15. The molecule has 2 heterocycles. The van der Waals surface area contributed by atoms with Gasteiger partial charge in [0, 0.05) is 18.8 Å². The van der Waals surface area contributed by atoms with E-state index in [9.17, 15) is 23.6 Å². The van der Waals surface area contributed by atoms with Crippen molar-refractivity contribution in [2.75, 3.05) is 19.3 Å². The van der Waals surface area contributed by atoms with E-state index in [1.54, 1.807) is 0 Å². The molecule has 1 aromatic heterocycles. The Bertz CT molecular complexity index is 619. The summed E-state index contributed by atoms with van der Waals surface area (Å²) in [6, 6.07) is 2.61. The summed E-state index contributed by atoms with van der Waals surface area (Å²) >= 11 is 0. The van der Waals surface area contributed by atoms with E-state index in [2.05, 4.69) is 4.98 Å². The molecule has 1 aliphatic rings. The molecule has 0 radical (unpaired) electrons. The van der Waals surface area contributed by atoms with Crippen molar-refractivity contribution < 1.29 is 23.2 Å². The first kappa shape index (κ1) is 14.6. The van der Waals surface area contributed by atoms with Crippen molar-refractivity contribution in [3.63, 3.8) is 0 Å². The molecule has 10 heteroatoms. The van der Waals surface area contributed by atoms with Crippen LogP contribution in [0.5, 0.6) is 5.88 Å². The van der Waals surface area contributed by atoms with Gasteiger partial charge in [0.15, 0.2) is 0 Å². The molecule has 0 saturated carbocycles. The van der Waals surface area contributed by atoms with E-state index < -0.39 is 27.2 Å². The number of aromatic nitrogens is 1. The second-order valence-electron chi connectivity index (χ2n) is 4.39. The van der Waals surface area contributed by atoms with Crippen molar-refractivity contribution >= 4 is 15.7 Å². The lowest BCUT2D eigenvalue weighted by Crippen LogP contribution is -2.31. The fraction of sp³-hybridized carbons (Fsp3) is 0.500. The topological polar surface area (TPSA) is 123 Å². The van der Waals surface area contributed by atoms with Gasteiger partial charge < -0.3 is 9.84 Å². The second-order valence-corrected chi connectivity index (χ2v) is 6.37. The number of sulfonamides is 1. The largest absolute Gasteiger partial charge is 0.465 e. The van der Waals surface area contributed by atoms with Crippen LogP contribution in [0, 0.1) is 10.1 Å². The van der Waals surface area contributed by atoms with Gasteiger partial charge >= 0.3 is 5.69 Å². The summed E-state index contributed by atoms with van der Waals surface area (Å²) in [4.78, 5) is 13.9. The molecule has 0 spiro atoms. The van der Waals surface area contributed by atoms with Crippen molar-refractivity contribution in [2.24, 2.45) is 0 Å². The number of pyridine rings is 1. The highest BCUT2D eigenvalue weighted by Gasteiger charge is 2.38. The van der Waals surface area contributed by atoms with E-state index >= 15 is 0 Å². The van der Waals surface area contributed by atoms with Crippen molar-refractivity contribution in [3.8, 4) is 5.88 Å². The van der Waals surface area contributed by atoms with Gasteiger partial charge in [-0.3, -0.25) is 10.1 Å². The molecule has 1 saturated heterocycles. The molecule has 1 fully saturated rings. The minimum Gasteiger partial charge on any atom is -0.465 e. The molecule has 1 aromatic rings. The average molecular weight is 303 g/mol. The Labute approximate surface area is 115 Å². The third-order valence-corrected chi connectivity index (χ3v) is 4.12. The van der Waals surface area contributed by atoms with E-state index in [0.717, 1.165) is 10.6 Å². The summed E-state index contributed by atoms with van der Waals surface area (Å²) in [6.45, 7) is -0.183. The van der Waals surface area contributed by atoms with Crippen LogP contribution in [0.4, 0.5) is 5.69 Å². The van der Waals surface area contributed by atoms with Gasteiger partial charge in [0.05, 0.1) is 17.7 Å². The van der Waals surface area contributed by atoms with Crippen LogP contribution >= 0.6 is 0 Å². The zero-order chi connectivity index (χ0) is 14.9. The maximum atomic E-state index is 11.4. The molecule has 2 atom stereocenters. The summed E-state index contributed by atoms with van der Waals surface area (Å²) in [5.74, 6) is -0.239. The number of β-amino-alcohol motifs (C(OH)–C–C–N with tert-alkyl or cyclic N) is 1. The van der Waals surface area contributed by atoms with Crippen molar-refractivity contribution in [3.05, 3.63) is 28.4 Å². The van der Waals surface area contributed by atoms with E-state index in [1.807, 2.05) is 0 Å². The van der Waals surface area contributed by atoms with Gasteiger partial charge in [-0.05, 0) is 6.07 Å². The molecule has 1 N–H and O–H groups in total. The predicted octanol–water partition coefficient (Wildman–Crippen LogP) is -0.627. The normalized spacial score (nSPS) is 23.7. The van der Waals surface area contributed by atoms with Crippen LogP contribution in [0.1, 0.15) is 0 Å². The number of aliphatic hydroxyl groups excluding tert-OH is 1. The molecule has 110 valence electrons. The third kappa shape index (κ3) is 3.03. The predicted molar refractivity (Wildman–Crippen MR) is 67.7 cm³/mol. The van der Waals surface area contributed by atoms with E-state index in [4.69, 9.17) is 4.74 Å². The third-order valence-electron chi connectivity index (χ3n) is 2.88. The molecule has 0 bridgehead atoms. The first-order chi connectivity index (χ1) is 9.29. The molecule has 2 rings (SSSR count). The minimum absolute atomic E-state index is 0.0757. The Balaban J connectivity index is 2.17. The summed E-state index contributed by atoms with van der Waals surface area (Å²) < 4.78 is 29.1. The first-order valence-corrected chi connectivity index (χ1v) is 7.53. The van der Waals surface area contributed by atoms with Crippen LogP contribution in [-0.4, -0.2) is 59.3 Å². The number of nitro groups is 1. The van der Waals surface area contributed by atoms with Crippen LogP contribution in [0.25, 0.3) is 0 Å². The van der Waals surface area contributed by atoms with Crippen LogP contribution in [0.15, 0.2) is 18.3 Å². The second kappa shape index (κ2) is 5.31. The standard InChI is InChI=1S/C10H13N3O6S/c1-20(17,18)12-5-8(14)9(6-12)19-10-7(13(15)16)3-2-4-11-10/h2-4,8-9,14H,5-6H2,1H3/t8-,9-/m1/s1. The Kier molecular flexibility index (Phi) is 3.88.